The molecule has 0 aromatic heterocycles. The van der Waals surface area contributed by atoms with Gasteiger partial charge in [-0.3, -0.25) is 9.59 Å². The van der Waals surface area contributed by atoms with Crippen LogP contribution in [0.2, 0.25) is 0 Å². The van der Waals surface area contributed by atoms with Gasteiger partial charge in [0.15, 0.2) is 11.5 Å². The second kappa shape index (κ2) is 14.1. The van der Waals surface area contributed by atoms with Gasteiger partial charge in [0.2, 0.25) is 5.75 Å². The lowest BCUT2D eigenvalue weighted by Gasteiger charge is -2.32. The molecule has 2 amide bonds. The highest BCUT2D eigenvalue weighted by Gasteiger charge is 2.27. The van der Waals surface area contributed by atoms with Crippen molar-refractivity contribution >= 4 is 18.0 Å². The van der Waals surface area contributed by atoms with Gasteiger partial charge in [-0.25, -0.2) is 4.79 Å². The lowest BCUT2D eigenvalue weighted by atomic mass is 10.0. The van der Waals surface area contributed by atoms with Gasteiger partial charge in [0, 0.05) is 30.3 Å². The third kappa shape index (κ3) is 7.53. The first-order valence-corrected chi connectivity index (χ1v) is 13.0. The number of carbonyl (C=O) groups is 3. The zero-order valence-corrected chi connectivity index (χ0v) is 22.4. The number of hydrogen-bond donors (Lipinski definition) is 1. The summed E-state index contributed by atoms with van der Waals surface area (Å²) in [5.74, 6) is 1.38. The number of rotatable bonds is 11. The average molecular weight is 529 g/mol. The van der Waals surface area contributed by atoms with Crippen LogP contribution in [0.15, 0.2) is 36.4 Å². The van der Waals surface area contributed by atoms with Gasteiger partial charge in [0.1, 0.15) is 5.75 Å². The highest BCUT2D eigenvalue weighted by atomic mass is 16.7. The highest BCUT2D eigenvalue weighted by molar-refractivity contribution is 5.96. The van der Waals surface area contributed by atoms with E-state index in [0.717, 1.165) is 0 Å². The van der Waals surface area contributed by atoms with Crippen LogP contribution in [0.3, 0.4) is 0 Å². The van der Waals surface area contributed by atoms with Gasteiger partial charge >= 0.3 is 6.16 Å². The molecule has 0 aliphatic carbocycles. The Bertz CT molecular complexity index is 1070. The zero-order chi connectivity index (χ0) is 27.5. The maximum absolute atomic E-state index is 13.3. The molecule has 0 bridgehead atoms. The van der Waals surface area contributed by atoms with Crippen LogP contribution in [0.5, 0.6) is 23.0 Å². The molecule has 38 heavy (non-hydrogen) atoms. The molecule has 206 valence electrons. The molecular weight excluding hydrogens is 492 g/mol. The first kappa shape index (κ1) is 28.6. The fourth-order valence-electron chi connectivity index (χ4n) is 4.11. The standard InChI is InChI=1S/C28H36N2O8/c1-5-34-23-17-20(18-24(35-6-2)25(23)36-7-3)27(32)30-15-13-21(14-16-30)29-26(31)19-9-11-22(12-10-19)38-28(33)37-8-4/h9-12,17-18,21H,5-8,13-16H2,1-4H3,(H,29,31). The fraction of sp³-hybridized carbons (Fsp3) is 0.464. The molecule has 1 aliphatic rings. The number of nitrogens with one attached hydrogen (secondary N) is 1. The summed E-state index contributed by atoms with van der Waals surface area (Å²) in [6.07, 6.45) is 0.448. The largest absolute Gasteiger partial charge is 0.513 e. The topological polar surface area (TPSA) is 113 Å². The van der Waals surface area contributed by atoms with Crippen molar-refractivity contribution in [1.29, 1.82) is 0 Å². The maximum Gasteiger partial charge on any atom is 0.513 e. The van der Waals surface area contributed by atoms with Gasteiger partial charge in [-0.05, 0) is 76.9 Å². The number of carbonyl (C=O) groups excluding carboxylic acids is 3. The van der Waals surface area contributed by atoms with Crippen molar-refractivity contribution in [2.24, 2.45) is 0 Å². The second-order valence-corrected chi connectivity index (χ2v) is 8.45. The normalized spacial score (nSPS) is 13.4. The van der Waals surface area contributed by atoms with Crippen molar-refractivity contribution < 1.29 is 38.1 Å². The van der Waals surface area contributed by atoms with Crippen molar-refractivity contribution in [3.8, 4) is 23.0 Å². The van der Waals surface area contributed by atoms with Crippen LogP contribution in [-0.4, -0.2) is 68.4 Å². The van der Waals surface area contributed by atoms with Crippen LogP contribution in [0.25, 0.3) is 0 Å². The van der Waals surface area contributed by atoms with E-state index in [-0.39, 0.29) is 24.5 Å². The Morgan fingerprint density at radius 1 is 0.816 bits per heavy atom. The van der Waals surface area contributed by atoms with Crippen LogP contribution in [0.4, 0.5) is 4.79 Å². The molecule has 0 spiro atoms. The maximum atomic E-state index is 13.3. The lowest BCUT2D eigenvalue weighted by molar-refractivity contribution is 0.0696. The Kier molecular flexibility index (Phi) is 10.6. The van der Waals surface area contributed by atoms with Crippen molar-refractivity contribution in [3.05, 3.63) is 47.5 Å². The van der Waals surface area contributed by atoms with Gasteiger partial charge in [-0.1, -0.05) is 0 Å². The lowest BCUT2D eigenvalue weighted by Crippen LogP contribution is -2.46. The van der Waals surface area contributed by atoms with E-state index in [0.29, 0.717) is 79.9 Å². The van der Waals surface area contributed by atoms with Crippen molar-refractivity contribution in [2.45, 2.75) is 46.6 Å². The van der Waals surface area contributed by atoms with Gasteiger partial charge in [-0.15, -0.1) is 0 Å². The van der Waals surface area contributed by atoms with Crippen molar-refractivity contribution in [2.75, 3.05) is 39.5 Å². The van der Waals surface area contributed by atoms with E-state index in [1.807, 2.05) is 20.8 Å². The zero-order valence-electron chi connectivity index (χ0n) is 22.4. The number of amides is 2. The van der Waals surface area contributed by atoms with E-state index in [4.69, 9.17) is 23.7 Å². The summed E-state index contributed by atoms with van der Waals surface area (Å²) in [5.41, 5.74) is 0.911. The van der Waals surface area contributed by atoms with E-state index < -0.39 is 6.16 Å². The summed E-state index contributed by atoms with van der Waals surface area (Å²) in [6.45, 7) is 9.81. The van der Waals surface area contributed by atoms with Crippen molar-refractivity contribution in [1.82, 2.24) is 10.2 Å². The molecule has 10 nitrogen and oxygen atoms in total. The van der Waals surface area contributed by atoms with Gasteiger partial charge in [0.25, 0.3) is 11.8 Å². The summed E-state index contributed by atoms with van der Waals surface area (Å²) in [7, 11) is 0. The van der Waals surface area contributed by atoms with Crippen LogP contribution >= 0.6 is 0 Å². The molecule has 1 fully saturated rings. The predicted octanol–water partition coefficient (Wildman–Crippen LogP) is 4.45. The monoisotopic (exact) mass is 528 g/mol. The first-order chi connectivity index (χ1) is 18.4. The SMILES string of the molecule is CCOC(=O)Oc1ccc(C(=O)NC2CCN(C(=O)c3cc(OCC)c(OCC)c(OCC)c3)CC2)cc1. The van der Waals surface area contributed by atoms with Gasteiger partial charge in [0.05, 0.1) is 26.4 Å². The molecule has 1 N–H and O–H groups in total. The molecule has 0 radical (unpaired) electrons. The molecule has 10 heteroatoms. The quantitative estimate of drug-likeness (QED) is 0.336. The Morgan fingerprint density at radius 2 is 1.39 bits per heavy atom. The highest BCUT2D eigenvalue weighted by Crippen LogP contribution is 2.39. The molecule has 2 aromatic rings. The summed E-state index contributed by atoms with van der Waals surface area (Å²) in [4.78, 5) is 39.2. The Hall–Kier alpha value is -3.95. The number of benzene rings is 2. The summed E-state index contributed by atoms with van der Waals surface area (Å²) >= 11 is 0. The van der Waals surface area contributed by atoms with Gasteiger partial charge < -0.3 is 33.9 Å². The minimum Gasteiger partial charge on any atom is -0.490 e. The molecule has 0 atom stereocenters. The molecule has 0 saturated carbocycles. The Balaban J connectivity index is 1.59. The van der Waals surface area contributed by atoms with Crippen LogP contribution in [-0.2, 0) is 4.74 Å². The van der Waals surface area contributed by atoms with E-state index in [2.05, 4.69) is 5.32 Å². The summed E-state index contributed by atoms with van der Waals surface area (Å²) < 4.78 is 27.0. The first-order valence-electron chi connectivity index (χ1n) is 13.0. The number of nitrogens with zero attached hydrogens (tertiary/aromatic N) is 1. The van der Waals surface area contributed by atoms with Crippen molar-refractivity contribution in [3.63, 3.8) is 0 Å². The third-order valence-corrected chi connectivity index (χ3v) is 5.85. The Labute approximate surface area is 223 Å². The molecule has 0 unspecified atom stereocenters. The number of likely N-dealkylation sites (tertiary alicyclic amines) is 1. The molecule has 1 aliphatic heterocycles. The predicted molar refractivity (Wildman–Crippen MR) is 140 cm³/mol. The molecule has 1 saturated heterocycles. The minimum atomic E-state index is -0.792. The average Bonchev–Trinajstić information content (AvgIpc) is 2.91. The second-order valence-electron chi connectivity index (χ2n) is 8.45. The minimum absolute atomic E-state index is 0.0692. The summed E-state index contributed by atoms with van der Waals surface area (Å²) in [6, 6.07) is 9.57. The van der Waals surface area contributed by atoms with Crippen LogP contribution in [0, 0.1) is 0 Å². The van der Waals surface area contributed by atoms with E-state index in [1.165, 1.54) is 12.1 Å². The number of hydrogen-bond acceptors (Lipinski definition) is 8. The smallest absolute Gasteiger partial charge is 0.490 e. The molecule has 3 rings (SSSR count). The molecule has 1 heterocycles. The van der Waals surface area contributed by atoms with E-state index in [9.17, 15) is 14.4 Å². The Morgan fingerprint density at radius 3 is 1.92 bits per heavy atom. The van der Waals surface area contributed by atoms with Gasteiger partial charge in [-0.2, -0.15) is 0 Å². The summed E-state index contributed by atoms with van der Waals surface area (Å²) in [5, 5.41) is 3.02. The number of ether oxygens (including phenoxy) is 5. The number of piperidine rings is 1. The van der Waals surface area contributed by atoms with E-state index >= 15 is 0 Å². The molecule has 2 aromatic carbocycles. The fourth-order valence-corrected chi connectivity index (χ4v) is 4.11. The third-order valence-electron chi connectivity index (χ3n) is 5.85. The van der Waals surface area contributed by atoms with Crippen LogP contribution in [0.1, 0.15) is 61.3 Å². The van der Waals surface area contributed by atoms with Crippen LogP contribution < -0.4 is 24.3 Å². The molecular formula is C28H36N2O8. The van der Waals surface area contributed by atoms with E-state index in [1.54, 1.807) is 36.1 Å².